The van der Waals surface area contributed by atoms with E-state index in [0.717, 1.165) is 27.6 Å². The molecule has 3 aromatic rings. The maximum Gasteiger partial charge on any atom is 0.340 e. The Labute approximate surface area is 169 Å². The first-order valence-corrected chi connectivity index (χ1v) is 9.49. The number of anilines is 1. The molecule has 1 amide bonds. The molecule has 2 aromatic carbocycles. The van der Waals surface area contributed by atoms with Crippen molar-refractivity contribution >= 4 is 28.5 Å². The van der Waals surface area contributed by atoms with Gasteiger partial charge in [-0.05, 0) is 57.0 Å². The molecule has 0 bridgehead atoms. The minimum absolute atomic E-state index is 0.156. The first-order valence-electron chi connectivity index (χ1n) is 9.49. The molecule has 1 N–H and O–H groups in total. The Morgan fingerprint density at radius 1 is 1.03 bits per heavy atom. The molecule has 0 unspecified atom stereocenters. The van der Waals surface area contributed by atoms with Gasteiger partial charge in [-0.3, -0.25) is 14.2 Å². The highest BCUT2D eigenvalue weighted by Gasteiger charge is 2.16. The number of benzene rings is 2. The van der Waals surface area contributed by atoms with Crippen LogP contribution >= 0.6 is 0 Å². The minimum atomic E-state index is -0.507. The molecule has 1 aromatic heterocycles. The van der Waals surface area contributed by atoms with Gasteiger partial charge in [-0.2, -0.15) is 0 Å². The van der Waals surface area contributed by atoms with E-state index in [1.807, 2.05) is 32.9 Å². The monoisotopic (exact) mass is 392 g/mol. The summed E-state index contributed by atoms with van der Waals surface area (Å²) in [5.74, 6) is -0.901. The predicted molar refractivity (Wildman–Crippen MR) is 113 cm³/mol. The third kappa shape index (κ3) is 4.21. The van der Waals surface area contributed by atoms with Crippen LogP contribution in [0.25, 0.3) is 10.9 Å². The number of hydrogen-bond acceptors (Lipinski definition) is 4. The first-order chi connectivity index (χ1) is 13.8. The van der Waals surface area contributed by atoms with Gasteiger partial charge in [-0.1, -0.05) is 23.8 Å². The van der Waals surface area contributed by atoms with Crippen molar-refractivity contribution in [3.05, 3.63) is 75.1 Å². The second kappa shape index (κ2) is 8.31. The Bertz CT molecular complexity index is 1160. The number of ether oxygens (including phenoxy) is 1. The van der Waals surface area contributed by atoms with Crippen molar-refractivity contribution in [1.82, 2.24) is 4.57 Å². The van der Waals surface area contributed by atoms with Gasteiger partial charge in [0.2, 0.25) is 5.91 Å². The number of aryl methyl sites for hydroxylation is 3. The zero-order chi connectivity index (χ0) is 21.1. The molecule has 0 fully saturated rings. The number of hydrogen-bond donors (Lipinski definition) is 1. The quantitative estimate of drug-likeness (QED) is 0.671. The van der Waals surface area contributed by atoms with Gasteiger partial charge >= 0.3 is 5.97 Å². The maximum absolute atomic E-state index is 12.8. The lowest BCUT2D eigenvalue weighted by Crippen LogP contribution is -2.28. The van der Waals surface area contributed by atoms with Crippen molar-refractivity contribution in [3.63, 3.8) is 0 Å². The van der Waals surface area contributed by atoms with Crippen molar-refractivity contribution in [2.24, 2.45) is 0 Å². The molecular weight excluding hydrogens is 368 g/mol. The summed E-state index contributed by atoms with van der Waals surface area (Å²) < 4.78 is 6.51. The van der Waals surface area contributed by atoms with Crippen LogP contribution in [0.15, 0.2) is 47.3 Å². The molecule has 0 aliphatic carbocycles. The molecule has 0 spiro atoms. The van der Waals surface area contributed by atoms with Crippen molar-refractivity contribution in [1.29, 1.82) is 0 Å². The number of esters is 1. The van der Waals surface area contributed by atoms with Crippen LogP contribution in [0.5, 0.6) is 0 Å². The first kappa shape index (κ1) is 20.3. The van der Waals surface area contributed by atoms with E-state index in [0.29, 0.717) is 5.69 Å². The third-order valence-corrected chi connectivity index (χ3v) is 4.74. The number of carbonyl (C=O) groups is 2. The van der Waals surface area contributed by atoms with Crippen molar-refractivity contribution in [2.45, 2.75) is 34.2 Å². The van der Waals surface area contributed by atoms with E-state index < -0.39 is 11.9 Å². The normalized spacial score (nSPS) is 10.8. The summed E-state index contributed by atoms with van der Waals surface area (Å²) >= 11 is 0. The smallest absolute Gasteiger partial charge is 0.340 e. The van der Waals surface area contributed by atoms with Gasteiger partial charge in [0.1, 0.15) is 6.54 Å². The van der Waals surface area contributed by atoms with Gasteiger partial charge in [0.05, 0.1) is 23.4 Å². The predicted octanol–water partition coefficient (Wildman–Crippen LogP) is 3.74. The van der Waals surface area contributed by atoms with Gasteiger partial charge in [-0.15, -0.1) is 0 Å². The molecule has 0 radical (unpaired) electrons. The zero-order valence-corrected chi connectivity index (χ0v) is 17.0. The summed E-state index contributed by atoms with van der Waals surface area (Å²) in [7, 11) is 0. The van der Waals surface area contributed by atoms with E-state index >= 15 is 0 Å². The SMILES string of the molecule is CCOC(=O)c1ccccc1NC(=O)Cn1c(=O)cc(C)c2cc(C)cc(C)c21. The molecule has 0 atom stereocenters. The van der Waals surface area contributed by atoms with Crippen LogP contribution < -0.4 is 10.9 Å². The molecule has 0 aliphatic heterocycles. The molecule has 0 aliphatic rings. The topological polar surface area (TPSA) is 77.4 Å². The molecule has 3 rings (SSSR count). The van der Waals surface area contributed by atoms with Gasteiger partial charge in [0.25, 0.3) is 5.56 Å². The van der Waals surface area contributed by atoms with Crippen LogP contribution in [0.2, 0.25) is 0 Å². The number of nitrogens with zero attached hydrogens (tertiary/aromatic N) is 1. The number of aromatic nitrogens is 1. The summed E-state index contributed by atoms with van der Waals surface area (Å²) in [6, 6.07) is 12.2. The number of rotatable bonds is 5. The van der Waals surface area contributed by atoms with E-state index in [-0.39, 0.29) is 24.3 Å². The van der Waals surface area contributed by atoms with E-state index in [9.17, 15) is 14.4 Å². The number of amides is 1. The van der Waals surface area contributed by atoms with E-state index in [1.54, 1.807) is 37.3 Å². The number of para-hydroxylation sites is 1. The Morgan fingerprint density at radius 2 is 1.76 bits per heavy atom. The van der Waals surface area contributed by atoms with Crippen LogP contribution in [0.4, 0.5) is 5.69 Å². The summed E-state index contributed by atoms with van der Waals surface area (Å²) in [5.41, 5.74) is 4.03. The number of fused-ring (bicyclic) bond motifs is 1. The number of carbonyl (C=O) groups excluding carboxylic acids is 2. The van der Waals surface area contributed by atoms with Gasteiger partial charge in [-0.25, -0.2) is 4.79 Å². The molecule has 29 heavy (non-hydrogen) atoms. The average molecular weight is 392 g/mol. The minimum Gasteiger partial charge on any atom is -0.462 e. The lowest BCUT2D eigenvalue weighted by molar-refractivity contribution is -0.116. The largest absolute Gasteiger partial charge is 0.462 e. The molecule has 150 valence electrons. The lowest BCUT2D eigenvalue weighted by atomic mass is 10.0. The molecule has 6 heteroatoms. The van der Waals surface area contributed by atoms with Crippen molar-refractivity contribution in [3.8, 4) is 0 Å². The molecule has 0 saturated heterocycles. The fourth-order valence-electron chi connectivity index (χ4n) is 3.54. The summed E-state index contributed by atoms with van der Waals surface area (Å²) in [6.07, 6.45) is 0. The molecule has 1 heterocycles. The highest BCUT2D eigenvalue weighted by atomic mass is 16.5. The highest BCUT2D eigenvalue weighted by Crippen LogP contribution is 2.23. The Hall–Kier alpha value is -3.41. The Morgan fingerprint density at radius 3 is 2.48 bits per heavy atom. The number of nitrogens with one attached hydrogen (secondary N) is 1. The van der Waals surface area contributed by atoms with Crippen LogP contribution in [0.1, 0.15) is 34.0 Å². The van der Waals surface area contributed by atoms with Gasteiger partial charge < -0.3 is 10.1 Å². The average Bonchev–Trinajstić information content (AvgIpc) is 2.65. The molecular formula is C23H24N2O4. The van der Waals surface area contributed by atoms with Crippen molar-refractivity contribution in [2.75, 3.05) is 11.9 Å². The second-order valence-corrected chi connectivity index (χ2v) is 7.04. The van der Waals surface area contributed by atoms with Gasteiger partial charge in [0, 0.05) is 11.5 Å². The third-order valence-electron chi connectivity index (χ3n) is 4.74. The standard InChI is InChI=1S/C23H24N2O4/c1-5-29-23(28)17-8-6-7-9-19(17)24-20(26)13-25-21(27)12-15(3)18-11-14(2)10-16(4)22(18)25/h6-12H,5,13H2,1-4H3,(H,24,26). The van der Waals surface area contributed by atoms with E-state index in [2.05, 4.69) is 5.32 Å². The van der Waals surface area contributed by atoms with E-state index in [4.69, 9.17) is 4.74 Å². The fourth-order valence-corrected chi connectivity index (χ4v) is 3.54. The second-order valence-electron chi connectivity index (χ2n) is 7.04. The lowest BCUT2D eigenvalue weighted by Gasteiger charge is -2.16. The van der Waals surface area contributed by atoms with Crippen LogP contribution in [0, 0.1) is 20.8 Å². The molecule has 0 saturated carbocycles. The Kier molecular flexibility index (Phi) is 5.82. The van der Waals surface area contributed by atoms with Crippen LogP contribution in [0.3, 0.4) is 0 Å². The highest BCUT2D eigenvalue weighted by molar-refractivity contribution is 6.01. The van der Waals surface area contributed by atoms with E-state index in [1.165, 1.54) is 4.57 Å². The van der Waals surface area contributed by atoms with Crippen LogP contribution in [-0.2, 0) is 16.1 Å². The maximum atomic E-state index is 12.8. The fraction of sp³-hybridized carbons (Fsp3) is 0.261. The summed E-state index contributed by atoms with van der Waals surface area (Å²) in [5, 5.41) is 3.68. The van der Waals surface area contributed by atoms with Gasteiger partial charge in [0.15, 0.2) is 0 Å². The number of pyridine rings is 1. The summed E-state index contributed by atoms with van der Waals surface area (Å²) in [6.45, 7) is 7.63. The zero-order valence-electron chi connectivity index (χ0n) is 17.0. The molecule has 6 nitrogen and oxygen atoms in total. The Balaban J connectivity index is 1.96. The summed E-state index contributed by atoms with van der Waals surface area (Å²) in [4.78, 5) is 37.5. The van der Waals surface area contributed by atoms with Crippen molar-refractivity contribution < 1.29 is 14.3 Å². The van der Waals surface area contributed by atoms with Crippen LogP contribution in [-0.4, -0.2) is 23.1 Å².